The van der Waals surface area contributed by atoms with Gasteiger partial charge in [-0.25, -0.2) is 4.52 Å². The Kier molecular flexibility index (Phi) is 2.11. The summed E-state index contributed by atoms with van der Waals surface area (Å²) in [6.45, 7) is 0.0246. The smallest absolute Gasteiger partial charge is 0.215 e. The van der Waals surface area contributed by atoms with E-state index in [9.17, 15) is 0 Å². The number of fused-ring (bicyclic) bond motifs is 1. The highest BCUT2D eigenvalue weighted by Crippen LogP contribution is 2.40. The molecule has 0 aliphatic heterocycles. The number of aliphatic hydroxyl groups excluding tert-OH is 1. The maximum atomic E-state index is 9.16. The van der Waals surface area contributed by atoms with Crippen LogP contribution in [0.4, 0.5) is 0 Å². The molecule has 0 amide bonds. The molecular formula is C12H14N2O2. The van der Waals surface area contributed by atoms with E-state index in [0.717, 1.165) is 16.8 Å². The molecule has 0 bridgehead atoms. The van der Waals surface area contributed by atoms with Gasteiger partial charge in [-0.15, -0.1) is 0 Å². The molecule has 0 unspecified atom stereocenters. The van der Waals surface area contributed by atoms with Gasteiger partial charge >= 0.3 is 0 Å². The van der Waals surface area contributed by atoms with Crippen LogP contribution in [0.5, 0.6) is 5.88 Å². The summed E-state index contributed by atoms with van der Waals surface area (Å²) >= 11 is 0. The van der Waals surface area contributed by atoms with Gasteiger partial charge < -0.3 is 9.84 Å². The van der Waals surface area contributed by atoms with E-state index in [1.165, 1.54) is 12.8 Å². The van der Waals surface area contributed by atoms with Crippen molar-refractivity contribution >= 4 is 5.52 Å². The zero-order valence-electron chi connectivity index (χ0n) is 9.18. The molecule has 2 heterocycles. The van der Waals surface area contributed by atoms with Crippen LogP contribution in [-0.2, 0) is 6.61 Å². The summed E-state index contributed by atoms with van der Waals surface area (Å²) < 4.78 is 7.07. The van der Waals surface area contributed by atoms with E-state index in [-0.39, 0.29) is 6.61 Å². The zero-order valence-corrected chi connectivity index (χ0v) is 9.18. The molecule has 1 aliphatic rings. The fourth-order valence-corrected chi connectivity index (χ4v) is 1.96. The number of methoxy groups -OCH3 is 1. The van der Waals surface area contributed by atoms with E-state index in [1.54, 1.807) is 11.6 Å². The summed E-state index contributed by atoms with van der Waals surface area (Å²) in [6.07, 6.45) is 2.47. The maximum Gasteiger partial charge on any atom is 0.215 e. The predicted octanol–water partition coefficient (Wildman–Crippen LogP) is 1.71. The second-order valence-electron chi connectivity index (χ2n) is 4.24. The van der Waals surface area contributed by atoms with Crippen molar-refractivity contribution in [1.82, 2.24) is 9.61 Å². The Hall–Kier alpha value is -1.55. The van der Waals surface area contributed by atoms with Gasteiger partial charge in [-0.1, -0.05) is 0 Å². The highest BCUT2D eigenvalue weighted by molar-refractivity contribution is 5.53. The molecule has 3 rings (SSSR count). The molecule has 2 aromatic rings. The largest absolute Gasteiger partial charge is 0.481 e. The number of pyridine rings is 1. The third kappa shape index (κ3) is 1.46. The molecule has 0 atom stereocenters. The lowest BCUT2D eigenvalue weighted by molar-refractivity contribution is 0.280. The molecule has 0 radical (unpaired) electrons. The molecule has 16 heavy (non-hydrogen) atoms. The molecule has 1 saturated carbocycles. The summed E-state index contributed by atoms with van der Waals surface area (Å²) in [6, 6.07) is 5.84. The van der Waals surface area contributed by atoms with E-state index in [0.29, 0.717) is 11.8 Å². The molecule has 1 aliphatic carbocycles. The zero-order chi connectivity index (χ0) is 11.1. The standard InChI is InChI=1S/C12H14N2O2/c1-16-12-5-8(7-15)4-10-6-11(9-2-3-9)13-14(10)12/h4-6,9,15H,2-3,7H2,1H3. The summed E-state index contributed by atoms with van der Waals surface area (Å²) in [4.78, 5) is 0. The SMILES string of the molecule is COc1cc(CO)cc2cc(C3CC3)nn12. The number of hydrogen-bond donors (Lipinski definition) is 1. The van der Waals surface area contributed by atoms with Crippen molar-refractivity contribution in [2.24, 2.45) is 0 Å². The van der Waals surface area contributed by atoms with E-state index in [4.69, 9.17) is 9.84 Å². The molecular weight excluding hydrogens is 204 g/mol. The highest BCUT2D eigenvalue weighted by atomic mass is 16.5. The average molecular weight is 218 g/mol. The summed E-state index contributed by atoms with van der Waals surface area (Å²) in [5, 5.41) is 13.7. The Bertz CT molecular complexity index is 529. The summed E-state index contributed by atoms with van der Waals surface area (Å²) in [5.74, 6) is 1.30. The van der Waals surface area contributed by atoms with Gasteiger partial charge in [-0.05, 0) is 30.5 Å². The minimum atomic E-state index is 0.0246. The van der Waals surface area contributed by atoms with Crippen molar-refractivity contribution in [2.75, 3.05) is 7.11 Å². The van der Waals surface area contributed by atoms with Crippen LogP contribution in [-0.4, -0.2) is 21.8 Å². The highest BCUT2D eigenvalue weighted by Gasteiger charge is 2.26. The van der Waals surface area contributed by atoms with Gasteiger partial charge in [0.2, 0.25) is 5.88 Å². The van der Waals surface area contributed by atoms with Gasteiger partial charge in [0.05, 0.1) is 24.9 Å². The molecule has 2 aromatic heterocycles. The Morgan fingerprint density at radius 3 is 2.88 bits per heavy atom. The number of aromatic nitrogens is 2. The number of ether oxygens (including phenoxy) is 1. The van der Waals surface area contributed by atoms with E-state index < -0.39 is 0 Å². The number of nitrogens with zero attached hydrogens (tertiary/aromatic N) is 2. The van der Waals surface area contributed by atoms with Crippen molar-refractivity contribution < 1.29 is 9.84 Å². The normalized spacial score (nSPS) is 15.6. The van der Waals surface area contributed by atoms with Gasteiger partial charge in [0.1, 0.15) is 0 Å². The lowest BCUT2D eigenvalue weighted by Crippen LogP contribution is -1.98. The average Bonchev–Trinajstić information content (AvgIpc) is 3.07. The van der Waals surface area contributed by atoms with Gasteiger partial charge in [-0.2, -0.15) is 5.10 Å². The molecule has 84 valence electrons. The number of rotatable bonds is 3. The first-order valence-corrected chi connectivity index (χ1v) is 5.49. The van der Waals surface area contributed by atoms with E-state index in [1.807, 2.05) is 12.1 Å². The monoisotopic (exact) mass is 218 g/mol. The van der Waals surface area contributed by atoms with Crippen LogP contribution in [0.1, 0.15) is 30.0 Å². The second kappa shape index (κ2) is 3.49. The van der Waals surface area contributed by atoms with Crippen LogP contribution in [0.15, 0.2) is 18.2 Å². The Morgan fingerprint density at radius 1 is 1.44 bits per heavy atom. The summed E-state index contributed by atoms with van der Waals surface area (Å²) in [7, 11) is 1.62. The topological polar surface area (TPSA) is 46.8 Å². The quantitative estimate of drug-likeness (QED) is 0.853. The van der Waals surface area contributed by atoms with Gasteiger partial charge in [0.15, 0.2) is 0 Å². The van der Waals surface area contributed by atoms with Crippen LogP contribution in [0.25, 0.3) is 5.52 Å². The van der Waals surface area contributed by atoms with Crippen molar-refractivity contribution in [3.8, 4) is 5.88 Å². The molecule has 1 fully saturated rings. The molecule has 0 aromatic carbocycles. The minimum absolute atomic E-state index is 0.0246. The predicted molar refractivity (Wildman–Crippen MR) is 59.6 cm³/mol. The van der Waals surface area contributed by atoms with Crippen LogP contribution in [0, 0.1) is 0 Å². The first-order chi connectivity index (χ1) is 7.81. The summed E-state index contributed by atoms with van der Waals surface area (Å²) in [5.41, 5.74) is 2.98. The lowest BCUT2D eigenvalue weighted by atomic mass is 10.2. The second-order valence-corrected chi connectivity index (χ2v) is 4.24. The van der Waals surface area contributed by atoms with Crippen molar-refractivity contribution in [1.29, 1.82) is 0 Å². The van der Waals surface area contributed by atoms with Gasteiger partial charge in [0.25, 0.3) is 0 Å². The molecule has 0 spiro atoms. The van der Waals surface area contributed by atoms with Gasteiger partial charge in [0, 0.05) is 12.0 Å². The van der Waals surface area contributed by atoms with Crippen LogP contribution in [0.3, 0.4) is 0 Å². The van der Waals surface area contributed by atoms with Crippen LogP contribution < -0.4 is 4.74 Å². The maximum absolute atomic E-state index is 9.16. The number of aliphatic hydroxyl groups is 1. The third-order valence-electron chi connectivity index (χ3n) is 2.99. The Balaban J connectivity index is 2.18. The van der Waals surface area contributed by atoms with Crippen molar-refractivity contribution in [2.45, 2.75) is 25.4 Å². The van der Waals surface area contributed by atoms with E-state index in [2.05, 4.69) is 11.2 Å². The van der Waals surface area contributed by atoms with E-state index >= 15 is 0 Å². The fraction of sp³-hybridized carbons (Fsp3) is 0.417. The molecule has 0 saturated heterocycles. The number of hydrogen-bond acceptors (Lipinski definition) is 3. The fourth-order valence-electron chi connectivity index (χ4n) is 1.96. The lowest BCUT2D eigenvalue weighted by Gasteiger charge is -2.05. The Labute approximate surface area is 93.5 Å². The molecule has 4 nitrogen and oxygen atoms in total. The van der Waals surface area contributed by atoms with Crippen molar-refractivity contribution in [3.05, 3.63) is 29.5 Å². The van der Waals surface area contributed by atoms with Gasteiger partial charge in [-0.3, -0.25) is 0 Å². The van der Waals surface area contributed by atoms with Crippen molar-refractivity contribution in [3.63, 3.8) is 0 Å². The third-order valence-corrected chi connectivity index (χ3v) is 2.99. The molecule has 4 heteroatoms. The van der Waals surface area contributed by atoms with Crippen LogP contribution >= 0.6 is 0 Å². The first kappa shape index (κ1) is 9.66. The Morgan fingerprint density at radius 2 is 2.25 bits per heavy atom. The molecule has 1 N–H and O–H groups in total. The minimum Gasteiger partial charge on any atom is -0.481 e. The van der Waals surface area contributed by atoms with Crippen LogP contribution in [0.2, 0.25) is 0 Å². The first-order valence-electron chi connectivity index (χ1n) is 5.49.